The Labute approximate surface area is 181 Å². The van der Waals surface area contributed by atoms with Crippen molar-refractivity contribution in [1.29, 1.82) is 0 Å². The molecule has 1 heterocycles. The van der Waals surface area contributed by atoms with Gasteiger partial charge in [-0.15, -0.1) is 0 Å². The van der Waals surface area contributed by atoms with Crippen LogP contribution in [0.25, 0.3) is 6.08 Å². The maximum atomic E-state index is 12.9. The first kappa shape index (κ1) is 22.4. The molecule has 0 radical (unpaired) electrons. The highest BCUT2D eigenvalue weighted by Gasteiger charge is 2.30. The van der Waals surface area contributed by atoms with Crippen LogP contribution >= 0.6 is 11.6 Å². The maximum absolute atomic E-state index is 12.9. The Morgan fingerprint density at radius 2 is 1.84 bits per heavy atom. The summed E-state index contributed by atoms with van der Waals surface area (Å²) in [6.45, 7) is -0.353. The first-order chi connectivity index (χ1) is 14.7. The predicted molar refractivity (Wildman–Crippen MR) is 111 cm³/mol. The van der Waals surface area contributed by atoms with Crippen molar-refractivity contribution in [3.05, 3.63) is 110 Å². The topological polar surface area (TPSA) is 59.2 Å². The Bertz CT molecular complexity index is 1170. The van der Waals surface area contributed by atoms with E-state index in [1.807, 2.05) is 0 Å². The van der Waals surface area contributed by atoms with Gasteiger partial charge >= 0.3 is 12.1 Å². The number of ether oxygens (including phenoxy) is 1. The van der Waals surface area contributed by atoms with Gasteiger partial charge in [0.05, 0.1) is 5.56 Å². The standard InChI is InChI=1S/C23H17ClF3NO3/c24-20-9-2-1-6-16(20)12-18(13-17-7-4-10-28-21(17)29)22(30)31-14-15-5-3-8-19(11-15)23(25,26)27/h1-12H,13-14H2,(H,28,29). The van der Waals surface area contributed by atoms with E-state index >= 15 is 0 Å². The van der Waals surface area contributed by atoms with Crippen molar-refractivity contribution in [2.75, 3.05) is 0 Å². The smallest absolute Gasteiger partial charge is 0.416 e. The monoisotopic (exact) mass is 447 g/mol. The van der Waals surface area contributed by atoms with Crippen LogP contribution in [0.15, 0.2) is 77.2 Å². The molecule has 0 atom stereocenters. The van der Waals surface area contributed by atoms with E-state index < -0.39 is 17.7 Å². The number of nitrogens with one attached hydrogen (secondary N) is 1. The number of aromatic amines is 1. The predicted octanol–water partition coefficient (Wildman–Crippen LogP) is 5.42. The second-order valence-electron chi connectivity index (χ2n) is 6.67. The van der Waals surface area contributed by atoms with Crippen LogP contribution in [0.4, 0.5) is 13.2 Å². The molecule has 2 aromatic carbocycles. The van der Waals surface area contributed by atoms with Gasteiger partial charge in [0, 0.05) is 28.8 Å². The summed E-state index contributed by atoms with van der Waals surface area (Å²) in [5.41, 5.74) is 0.0101. The number of carbonyl (C=O) groups excluding carboxylic acids is 1. The number of aromatic nitrogens is 1. The minimum Gasteiger partial charge on any atom is -0.457 e. The highest BCUT2D eigenvalue weighted by molar-refractivity contribution is 6.32. The molecule has 160 valence electrons. The highest BCUT2D eigenvalue weighted by atomic mass is 35.5. The second-order valence-corrected chi connectivity index (χ2v) is 7.07. The molecule has 0 bridgehead atoms. The Hall–Kier alpha value is -3.32. The van der Waals surface area contributed by atoms with E-state index in [0.717, 1.165) is 12.1 Å². The molecule has 3 aromatic rings. The van der Waals surface area contributed by atoms with Crippen LogP contribution < -0.4 is 5.56 Å². The number of alkyl halides is 3. The fourth-order valence-corrected chi connectivity index (χ4v) is 3.03. The van der Waals surface area contributed by atoms with E-state index in [0.29, 0.717) is 16.1 Å². The number of hydrogen-bond donors (Lipinski definition) is 1. The van der Waals surface area contributed by atoms with Gasteiger partial charge in [-0.25, -0.2) is 4.79 Å². The second kappa shape index (κ2) is 9.66. The highest BCUT2D eigenvalue weighted by Crippen LogP contribution is 2.29. The molecule has 0 saturated carbocycles. The molecule has 0 spiro atoms. The van der Waals surface area contributed by atoms with E-state index in [-0.39, 0.29) is 29.7 Å². The molecule has 0 saturated heterocycles. The maximum Gasteiger partial charge on any atom is 0.416 e. The normalized spacial score (nSPS) is 11.9. The lowest BCUT2D eigenvalue weighted by atomic mass is 10.0. The van der Waals surface area contributed by atoms with Gasteiger partial charge in [0.2, 0.25) is 0 Å². The Balaban J connectivity index is 1.85. The molecule has 0 fully saturated rings. The zero-order valence-electron chi connectivity index (χ0n) is 16.1. The van der Waals surface area contributed by atoms with Crippen LogP contribution in [0.1, 0.15) is 22.3 Å². The average Bonchev–Trinajstić information content (AvgIpc) is 2.74. The third kappa shape index (κ3) is 6.08. The van der Waals surface area contributed by atoms with Gasteiger partial charge in [0.1, 0.15) is 6.61 Å². The number of rotatable bonds is 6. The lowest BCUT2D eigenvalue weighted by Gasteiger charge is -2.11. The molecule has 0 aliphatic heterocycles. The zero-order valence-corrected chi connectivity index (χ0v) is 16.8. The van der Waals surface area contributed by atoms with Crippen LogP contribution in [-0.4, -0.2) is 11.0 Å². The van der Waals surface area contributed by atoms with Crippen molar-refractivity contribution >= 4 is 23.6 Å². The third-order valence-electron chi connectivity index (χ3n) is 4.40. The van der Waals surface area contributed by atoms with E-state index in [9.17, 15) is 22.8 Å². The number of carbonyl (C=O) groups is 1. The number of H-pyrrole nitrogens is 1. The number of benzene rings is 2. The van der Waals surface area contributed by atoms with E-state index in [4.69, 9.17) is 16.3 Å². The summed E-state index contributed by atoms with van der Waals surface area (Å²) in [4.78, 5) is 27.3. The summed E-state index contributed by atoms with van der Waals surface area (Å²) < 4.78 is 43.9. The van der Waals surface area contributed by atoms with Crippen LogP contribution in [0.5, 0.6) is 0 Å². The van der Waals surface area contributed by atoms with Crippen molar-refractivity contribution in [3.63, 3.8) is 0 Å². The van der Waals surface area contributed by atoms with Crippen molar-refractivity contribution in [3.8, 4) is 0 Å². The number of pyridine rings is 1. The van der Waals surface area contributed by atoms with Gasteiger partial charge in [-0.1, -0.05) is 48.0 Å². The minimum absolute atomic E-state index is 0.0389. The molecule has 1 aromatic heterocycles. The van der Waals surface area contributed by atoms with Gasteiger partial charge in [0.25, 0.3) is 5.56 Å². The molecule has 3 rings (SSSR count). The van der Waals surface area contributed by atoms with Crippen molar-refractivity contribution in [2.24, 2.45) is 0 Å². The number of halogens is 4. The van der Waals surface area contributed by atoms with Gasteiger partial charge in [-0.3, -0.25) is 4.79 Å². The SMILES string of the molecule is O=C(OCc1cccc(C(F)(F)F)c1)C(=Cc1ccccc1Cl)Cc1ccc[nH]c1=O. The molecular weight excluding hydrogens is 431 g/mol. The van der Waals surface area contributed by atoms with Crippen LogP contribution in [0.3, 0.4) is 0 Å². The Morgan fingerprint density at radius 3 is 2.55 bits per heavy atom. The van der Waals surface area contributed by atoms with Crippen molar-refractivity contribution < 1.29 is 22.7 Å². The van der Waals surface area contributed by atoms with Gasteiger partial charge in [0.15, 0.2) is 0 Å². The summed E-state index contributed by atoms with van der Waals surface area (Å²) in [6, 6.07) is 14.5. The summed E-state index contributed by atoms with van der Waals surface area (Å²) in [6.07, 6.45) is -1.56. The average molecular weight is 448 g/mol. The molecule has 0 unspecified atom stereocenters. The third-order valence-corrected chi connectivity index (χ3v) is 4.75. The minimum atomic E-state index is -4.50. The lowest BCUT2D eigenvalue weighted by molar-refractivity contribution is -0.140. The molecule has 31 heavy (non-hydrogen) atoms. The summed E-state index contributed by atoms with van der Waals surface area (Å²) >= 11 is 6.17. The van der Waals surface area contributed by atoms with Crippen LogP contribution in [0, 0.1) is 0 Å². The van der Waals surface area contributed by atoms with E-state index in [2.05, 4.69) is 4.98 Å². The number of hydrogen-bond acceptors (Lipinski definition) is 3. The van der Waals surface area contributed by atoms with Crippen molar-refractivity contribution in [2.45, 2.75) is 19.2 Å². The molecule has 8 heteroatoms. The molecular formula is C23H17ClF3NO3. The van der Waals surface area contributed by atoms with E-state index in [1.54, 1.807) is 36.4 Å². The van der Waals surface area contributed by atoms with Gasteiger partial charge in [-0.05, 0) is 41.5 Å². The summed E-state index contributed by atoms with van der Waals surface area (Å²) in [5.74, 6) is -0.763. The zero-order chi connectivity index (χ0) is 22.4. The first-order valence-electron chi connectivity index (χ1n) is 9.19. The quantitative estimate of drug-likeness (QED) is 0.405. The summed E-state index contributed by atoms with van der Waals surface area (Å²) in [5, 5.41) is 0.396. The fourth-order valence-electron chi connectivity index (χ4n) is 2.84. The van der Waals surface area contributed by atoms with E-state index in [1.165, 1.54) is 24.4 Å². The molecule has 0 aliphatic carbocycles. The number of esters is 1. The van der Waals surface area contributed by atoms with Gasteiger partial charge in [-0.2, -0.15) is 13.2 Å². The largest absolute Gasteiger partial charge is 0.457 e. The fraction of sp³-hybridized carbons (Fsp3) is 0.130. The molecule has 0 aliphatic rings. The molecule has 1 N–H and O–H groups in total. The molecule has 4 nitrogen and oxygen atoms in total. The first-order valence-corrected chi connectivity index (χ1v) is 9.57. The Kier molecular flexibility index (Phi) is 6.97. The van der Waals surface area contributed by atoms with Crippen molar-refractivity contribution in [1.82, 2.24) is 4.98 Å². The lowest BCUT2D eigenvalue weighted by Crippen LogP contribution is -2.16. The summed E-state index contributed by atoms with van der Waals surface area (Å²) in [7, 11) is 0. The van der Waals surface area contributed by atoms with Crippen LogP contribution in [0.2, 0.25) is 5.02 Å². The van der Waals surface area contributed by atoms with Gasteiger partial charge < -0.3 is 9.72 Å². The molecule has 0 amide bonds. The Morgan fingerprint density at radius 1 is 1.06 bits per heavy atom. The van der Waals surface area contributed by atoms with Crippen LogP contribution in [-0.2, 0) is 28.7 Å².